The second-order valence-electron chi connectivity index (χ2n) is 8.07. The summed E-state index contributed by atoms with van der Waals surface area (Å²) < 4.78 is 17.3. The van der Waals surface area contributed by atoms with Gasteiger partial charge in [0.1, 0.15) is 17.3 Å². The Bertz CT molecular complexity index is 1280. The number of aromatic nitrogens is 2. The van der Waals surface area contributed by atoms with E-state index in [1.54, 1.807) is 34.9 Å². The molecule has 0 radical (unpaired) electrons. The molecule has 0 saturated carbocycles. The fraction of sp³-hybridized carbons (Fsp3) is 0.360. The highest BCUT2D eigenvalue weighted by molar-refractivity contribution is 5.98. The van der Waals surface area contributed by atoms with Crippen molar-refractivity contribution in [1.29, 1.82) is 0 Å². The zero-order valence-corrected chi connectivity index (χ0v) is 19.3. The maximum atomic E-state index is 12.9. The van der Waals surface area contributed by atoms with Crippen LogP contribution < -0.4 is 20.3 Å². The summed E-state index contributed by atoms with van der Waals surface area (Å²) in [5, 5.41) is 3.11. The van der Waals surface area contributed by atoms with Crippen molar-refractivity contribution >= 4 is 28.5 Å². The number of nitrogens with one attached hydrogen (secondary N) is 1. The lowest BCUT2D eigenvalue weighted by molar-refractivity contribution is -0.119. The Morgan fingerprint density at radius 1 is 1.03 bits per heavy atom. The molecule has 1 aliphatic rings. The van der Waals surface area contributed by atoms with E-state index in [2.05, 4.69) is 10.3 Å². The maximum Gasteiger partial charge on any atom is 0.338 e. The van der Waals surface area contributed by atoms with Crippen molar-refractivity contribution in [3.8, 4) is 11.5 Å². The number of nitrogens with zero attached hydrogens (tertiary/aromatic N) is 2. The van der Waals surface area contributed by atoms with Gasteiger partial charge in [0.25, 0.3) is 11.5 Å². The molecule has 0 saturated heterocycles. The molecule has 178 valence electrons. The first kappa shape index (κ1) is 23.3. The molecule has 0 unspecified atom stereocenters. The largest absolute Gasteiger partial charge is 0.497 e. The van der Waals surface area contributed by atoms with Crippen molar-refractivity contribution in [2.24, 2.45) is 0 Å². The number of ether oxygens (including phenoxy) is 3. The molecule has 0 aliphatic carbocycles. The Balaban J connectivity index is 1.47. The minimum Gasteiger partial charge on any atom is -0.497 e. The molecule has 1 N–H and O–H groups in total. The lowest BCUT2D eigenvalue weighted by Gasteiger charge is -2.16. The quantitative estimate of drug-likeness (QED) is 0.556. The van der Waals surface area contributed by atoms with E-state index in [1.165, 1.54) is 20.3 Å². The molecule has 34 heavy (non-hydrogen) atoms. The number of methoxy groups -OCH3 is 2. The van der Waals surface area contributed by atoms with Crippen molar-refractivity contribution in [3.05, 3.63) is 58.1 Å². The minimum absolute atomic E-state index is 0.0894. The summed E-state index contributed by atoms with van der Waals surface area (Å²) >= 11 is 0. The predicted molar refractivity (Wildman–Crippen MR) is 127 cm³/mol. The molecule has 9 heteroatoms. The van der Waals surface area contributed by atoms with Crippen LogP contribution in [-0.2, 0) is 22.5 Å². The highest BCUT2D eigenvalue weighted by Crippen LogP contribution is 2.28. The SMILES string of the molecule is COc1ccc(OC)c(NC(=O)COC(=O)c2ccc3c(=O)n4c(nc3c2)CCCCCC4)c1. The summed E-state index contributed by atoms with van der Waals surface area (Å²) in [4.78, 5) is 42.5. The minimum atomic E-state index is -0.677. The average molecular weight is 466 g/mol. The molecule has 3 aromatic rings. The highest BCUT2D eigenvalue weighted by Gasteiger charge is 2.17. The van der Waals surface area contributed by atoms with Crippen LogP contribution in [0.2, 0.25) is 0 Å². The van der Waals surface area contributed by atoms with Crippen LogP contribution in [0.5, 0.6) is 11.5 Å². The summed E-state index contributed by atoms with van der Waals surface area (Å²) in [5.74, 6) is 0.527. The molecular formula is C25H27N3O6. The molecule has 1 aromatic heterocycles. The Hall–Kier alpha value is -3.88. The van der Waals surface area contributed by atoms with Gasteiger partial charge in [-0.15, -0.1) is 0 Å². The summed E-state index contributed by atoms with van der Waals surface area (Å²) in [6, 6.07) is 9.63. The second-order valence-corrected chi connectivity index (χ2v) is 8.07. The first-order valence-electron chi connectivity index (χ1n) is 11.2. The fourth-order valence-corrected chi connectivity index (χ4v) is 4.03. The van der Waals surface area contributed by atoms with Crippen LogP contribution in [0.25, 0.3) is 10.9 Å². The van der Waals surface area contributed by atoms with Crippen LogP contribution in [0.15, 0.2) is 41.2 Å². The number of fused-ring (bicyclic) bond motifs is 2. The molecule has 4 rings (SSSR count). The van der Waals surface area contributed by atoms with Gasteiger partial charge in [-0.25, -0.2) is 9.78 Å². The van der Waals surface area contributed by atoms with Gasteiger partial charge in [0.15, 0.2) is 6.61 Å². The number of anilines is 1. The van der Waals surface area contributed by atoms with Crippen molar-refractivity contribution in [2.45, 2.75) is 38.6 Å². The molecule has 2 aromatic carbocycles. The van der Waals surface area contributed by atoms with Gasteiger partial charge < -0.3 is 19.5 Å². The second kappa shape index (κ2) is 10.4. The Morgan fingerprint density at radius 2 is 1.85 bits per heavy atom. The number of hydrogen-bond donors (Lipinski definition) is 1. The van der Waals surface area contributed by atoms with E-state index in [0.29, 0.717) is 34.6 Å². The topological polar surface area (TPSA) is 109 Å². The number of carbonyl (C=O) groups is 2. The normalized spacial score (nSPS) is 13.4. The van der Waals surface area contributed by atoms with Crippen LogP contribution >= 0.6 is 0 Å². The molecule has 1 amide bonds. The average Bonchev–Trinajstić information content (AvgIpc) is 2.83. The van der Waals surface area contributed by atoms with E-state index in [9.17, 15) is 14.4 Å². The predicted octanol–water partition coefficient (Wildman–Crippen LogP) is 3.33. The smallest absolute Gasteiger partial charge is 0.338 e. The lowest BCUT2D eigenvalue weighted by atomic mass is 10.1. The van der Waals surface area contributed by atoms with Gasteiger partial charge in [-0.05, 0) is 43.2 Å². The number of aryl methyl sites for hydroxylation is 1. The molecule has 9 nitrogen and oxygen atoms in total. The van der Waals surface area contributed by atoms with E-state index >= 15 is 0 Å². The zero-order valence-electron chi connectivity index (χ0n) is 19.3. The van der Waals surface area contributed by atoms with Gasteiger partial charge in [0.05, 0.1) is 36.4 Å². The first-order chi connectivity index (χ1) is 16.5. The van der Waals surface area contributed by atoms with E-state index < -0.39 is 18.5 Å². The summed E-state index contributed by atoms with van der Waals surface area (Å²) in [5.41, 5.74) is 0.988. The molecule has 0 spiro atoms. The van der Waals surface area contributed by atoms with Gasteiger partial charge >= 0.3 is 5.97 Å². The van der Waals surface area contributed by atoms with Gasteiger partial charge in [-0.1, -0.05) is 12.8 Å². The van der Waals surface area contributed by atoms with Gasteiger partial charge in [0, 0.05) is 19.0 Å². The van der Waals surface area contributed by atoms with Crippen molar-refractivity contribution < 1.29 is 23.8 Å². The first-order valence-corrected chi connectivity index (χ1v) is 11.2. The van der Waals surface area contributed by atoms with Crippen molar-refractivity contribution in [2.75, 3.05) is 26.1 Å². The Labute approximate surface area is 196 Å². The number of hydrogen-bond acceptors (Lipinski definition) is 7. The van der Waals surface area contributed by atoms with E-state index in [0.717, 1.165) is 37.9 Å². The zero-order chi connectivity index (χ0) is 24.1. The maximum absolute atomic E-state index is 12.9. The molecule has 1 aliphatic heterocycles. The van der Waals surface area contributed by atoms with Crippen molar-refractivity contribution in [1.82, 2.24) is 9.55 Å². The van der Waals surface area contributed by atoms with E-state index in [4.69, 9.17) is 14.2 Å². The standard InChI is InChI=1S/C25H27N3O6/c1-32-17-9-11-21(33-2)20(14-17)27-23(29)15-34-25(31)16-8-10-18-19(13-16)26-22-7-5-3-4-6-12-28(22)24(18)30/h8-11,13-14H,3-7,12,15H2,1-2H3,(H,27,29). The highest BCUT2D eigenvalue weighted by atomic mass is 16.5. The van der Waals surface area contributed by atoms with Crippen LogP contribution in [-0.4, -0.2) is 42.3 Å². The van der Waals surface area contributed by atoms with Gasteiger partial charge in [-0.3, -0.25) is 14.2 Å². The summed E-state index contributed by atoms with van der Waals surface area (Å²) in [6.07, 6.45) is 4.88. The van der Waals surface area contributed by atoms with E-state index in [1.807, 2.05) is 0 Å². The van der Waals surface area contributed by atoms with Crippen LogP contribution in [0.4, 0.5) is 5.69 Å². The number of esters is 1. The molecule has 0 bridgehead atoms. The molecule has 0 fully saturated rings. The van der Waals surface area contributed by atoms with Crippen molar-refractivity contribution in [3.63, 3.8) is 0 Å². The fourth-order valence-electron chi connectivity index (χ4n) is 4.03. The number of amides is 1. The van der Waals surface area contributed by atoms with Gasteiger partial charge in [-0.2, -0.15) is 0 Å². The third kappa shape index (κ3) is 5.03. The number of rotatable bonds is 6. The van der Waals surface area contributed by atoms with Gasteiger partial charge in [0.2, 0.25) is 0 Å². The van der Waals surface area contributed by atoms with Crippen LogP contribution in [0.1, 0.15) is 41.9 Å². The summed E-state index contributed by atoms with van der Waals surface area (Å²) in [6.45, 7) is 0.172. The summed E-state index contributed by atoms with van der Waals surface area (Å²) in [7, 11) is 3.00. The van der Waals surface area contributed by atoms with E-state index in [-0.39, 0.29) is 11.1 Å². The monoisotopic (exact) mass is 465 g/mol. The molecule has 0 atom stereocenters. The third-order valence-corrected chi connectivity index (χ3v) is 5.82. The Kier molecular flexibility index (Phi) is 7.10. The Morgan fingerprint density at radius 3 is 2.65 bits per heavy atom. The number of benzene rings is 2. The number of carbonyl (C=O) groups excluding carboxylic acids is 2. The van der Waals surface area contributed by atoms with Crippen LogP contribution in [0, 0.1) is 0 Å². The van der Waals surface area contributed by atoms with Crippen LogP contribution in [0.3, 0.4) is 0 Å². The lowest BCUT2D eigenvalue weighted by Crippen LogP contribution is -2.26. The molecule has 2 heterocycles. The molecular weight excluding hydrogens is 438 g/mol. The third-order valence-electron chi connectivity index (χ3n) is 5.82.